The number of unbranched alkanes of at least 4 members (excludes halogenated alkanes) is 1. The maximum Gasteiger partial charge on any atom is 0.123 e. The fourth-order valence-electron chi connectivity index (χ4n) is 2.82. The molecule has 0 unspecified atom stereocenters. The van der Waals surface area contributed by atoms with Gasteiger partial charge in [-0.05, 0) is 62.4 Å². The molecule has 19 heavy (non-hydrogen) atoms. The predicted molar refractivity (Wildman–Crippen MR) is 81.3 cm³/mol. The first-order valence-corrected chi connectivity index (χ1v) is 7.43. The third-order valence-corrected chi connectivity index (χ3v) is 3.90. The van der Waals surface area contributed by atoms with Crippen LogP contribution in [0.4, 0.5) is 0 Å². The molecule has 1 fully saturated rings. The third-order valence-electron chi connectivity index (χ3n) is 3.90. The second kappa shape index (κ2) is 6.76. The number of phenols is 1. The van der Waals surface area contributed by atoms with Gasteiger partial charge in [0, 0.05) is 5.56 Å². The second-order valence-corrected chi connectivity index (χ2v) is 5.49. The third kappa shape index (κ3) is 3.60. The first-order valence-electron chi connectivity index (χ1n) is 7.43. The molecule has 104 valence electrons. The minimum absolute atomic E-state index is 0.431. The number of aryl methyl sites for hydroxylation is 1. The molecule has 0 saturated carbocycles. The Bertz CT molecular complexity index is 445. The van der Waals surface area contributed by atoms with Gasteiger partial charge in [-0.15, -0.1) is 0 Å². The van der Waals surface area contributed by atoms with E-state index >= 15 is 0 Å². The average molecular weight is 259 g/mol. The number of hydrogen-bond donors (Lipinski definition) is 2. The number of nitrogens with one attached hydrogen (secondary N) is 1. The van der Waals surface area contributed by atoms with Crippen molar-refractivity contribution in [1.29, 1.82) is 0 Å². The van der Waals surface area contributed by atoms with Gasteiger partial charge in [-0.1, -0.05) is 31.6 Å². The molecular formula is C17H25NO. The zero-order valence-electron chi connectivity index (χ0n) is 12.1. The van der Waals surface area contributed by atoms with E-state index < -0.39 is 0 Å². The van der Waals surface area contributed by atoms with Gasteiger partial charge in [0.1, 0.15) is 5.75 Å². The Labute approximate surface area is 116 Å². The van der Waals surface area contributed by atoms with Crippen LogP contribution in [-0.2, 0) is 0 Å². The highest BCUT2D eigenvalue weighted by atomic mass is 16.3. The molecule has 1 aliphatic heterocycles. The average Bonchev–Trinajstić information content (AvgIpc) is 2.42. The van der Waals surface area contributed by atoms with E-state index in [0.717, 1.165) is 37.1 Å². The van der Waals surface area contributed by atoms with E-state index in [1.807, 2.05) is 13.0 Å². The zero-order valence-corrected chi connectivity index (χ0v) is 12.1. The summed E-state index contributed by atoms with van der Waals surface area (Å²) in [5, 5.41) is 13.6. The monoisotopic (exact) mass is 259 g/mol. The van der Waals surface area contributed by atoms with Crippen LogP contribution in [0, 0.1) is 12.8 Å². The van der Waals surface area contributed by atoms with Crippen LogP contribution in [0.2, 0.25) is 0 Å². The van der Waals surface area contributed by atoms with Crippen molar-refractivity contribution >= 4 is 5.57 Å². The fourth-order valence-corrected chi connectivity index (χ4v) is 2.82. The van der Waals surface area contributed by atoms with Crippen LogP contribution >= 0.6 is 0 Å². The van der Waals surface area contributed by atoms with E-state index in [-0.39, 0.29) is 0 Å². The summed E-state index contributed by atoms with van der Waals surface area (Å²) in [6.07, 6.45) is 6.92. The van der Waals surface area contributed by atoms with Crippen molar-refractivity contribution in [1.82, 2.24) is 5.32 Å². The molecule has 2 nitrogen and oxygen atoms in total. The molecule has 2 heteroatoms. The molecule has 0 bridgehead atoms. The first-order chi connectivity index (χ1) is 9.22. The van der Waals surface area contributed by atoms with Gasteiger partial charge in [-0.3, -0.25) is 0 Å². The number of rotatable bonds is 4. The molecule has 1 saturated heterocycles. The van der Waals surface area contributed by atoms with E-state index in [1.165, 1.54) is 18.4 Å². The summed E-state index contributed by atoms with van der Waals surface area (Å²) >= 11 is 0. The molecule has 1 aromatic carbocycles. The Morgan fingerprint density at radius 2 is 2.11 bits per heavy atom. The molecule has 1 aliphatic rings. The molecule has 2 N–H and O–H groups in total. The van der Waals surface area contributed by atoms with Crippen molar-refractivity contribution in [3.8, 4) is 5.75 Å². The van der Waals surface area contributed by atoms with Crippen LogP contribution in [0.25, 0.3) is 5.57 Å². The SMILES string of the molecule is CCCC=C(c1ccc(C)cc1O)C1CCNCC1. The van der Waals surface area contributed by atoms with Crippen LogP contribution in [0.3, 0.4) is 0 Å². The summed E-state index contributed by atoms with van der Waals surface area (Å²) in [5.41, 5.74) is 3.49. The molecule has 0 spiro atoms. The van der Waals surface area contributed by atoms with Crippen molar-refractivity contribution < 1.29 is 5.11 Å². The standard InChI is InChI=1S/C17H25NO/c1-3-4-5-15(14-8-10-18-11-9-14)16-7-6-13(2)12-17(16)19/h5-7,12,14,18-19H,3-4,8-11H2,1-2H3. The minimum Gasteiger partial charge on any atom is -0.507 e. The summed E-state index contributed by atoms with van der Waals surface area (Å²) in [6.45, 7) is 6.39. The highest BCUT2D eigenvalue weighted by Crippen LogP contribution is 2.35. The lowest BCUT2D eigenvalue weighted by molar-refractivity contribution is 0.440. The van der Waals surface area contributed by atoms with Gasteiger partial charge in [0.05, 0.1) is 0 Å². The Morgan fingerprint density at radius 3 is 2.74 bits per heavy atom. The summed E-state index contributed by atoms with van der Waals surface area (Å²) in [4.78, 5) is 0. The van der Waals surface area contributed by atoms with Crippen LogP contribution in [0.1, 0.15) is 43.7 Å². The maximum atomic E-state index is 10.2. The van der Waals surface area contributed by atoms with Crippen molar-refractivity contribution in [2.24, 2.45) is 5.92 Å². The smallest absolute Gasteiger partial charge is 0.123 e. The van der Waals surface area contributed by atoms with E-state index in [9.17, 15) is 5.11 Å². The molecule has 2 rings (SSSR count). The molecular weight excluding hydrogens is 234 g/mol. The van der Waals surface area contributed by atoms with Crippen LogP contribution < -0.4 is 5.32 Å². The van der Waals surface area contributed by atoms with Gasteiger partial charge < -0.3 is 10.4 Å². The first kappa shape index (κ1) is 14.1. The van der Waals surface area contributed by atoms with Gasteiger partial charge in [-0.2, -0.15) is 0 Å². The lowest BCUT2D eigenvalue weighted by Gasteiger charge is -2.26. The number of phenolic OH excluding ortho intramolecular Hbond substituents is 1. The number of piperidine rings is 1. The number of hydrogen-bond acceptors (Lipinski definition) is 2. The van der Waals surface area contributed by atoms with E-state index in [1.54, 1.807) is 0 Å². The Morgan fingerprint density at radius 1 is 1.37 bits per heavy atom. The lowest BCUT2D eigenvalue weighted by Crippen LogP contribution is -2.28. The molecule has 1 heterocycles. The molecule has 0 amide bonds. The van der Waals surface area contributed by atoms with Crippen molar-refractivity contribution in [3.05, 3.63) is 35.4 Å². The summed E-state index contributed by atoms with van der Waals surface area (Å²) in [5.74, 6) is 1.02. The zero-order chi connectivity index (χ0) is 13.7. The van der Waals surface area contributed by atoms with E-state index in [2.05, 4.69) is 30.4 Å². The predicted octanol–water partition coefficient (Wildman–Crippen LogP) is 3.88. The highest BCUT2D eigenvalue weighted by Gasteiger charge is 2.20. The lowest BCUT2D eigenvalue weighted by atomic mass is 9.84. The number of aromatic hydroxyl groups is 1. The van der Waals surface area contributed by atoms with Gasteiger partial charge in [0.25, 0.3) is 0 Å². The quantitative estimate of drug-likeness (QED) is 0.860. The van der Waals surface area contributed by atoms with Gasteiger partial charge in [0.15, 0.2) is 0 Å². The Hall–Kier alpha value is -1.28. The number of benzene rings is 1. The molecule has 1 aromatic rings. The van der Waals surface area contributed by atoms with Gasteiger partial charge in [-0.25, -0.2) is 0 Å². The normalized spacial score (nSPS) is 17.7. The number of allylic oxidation sites excluding steroid dienone is 2. The molecule has 0 atom stereocenters. The molecule has 0 aliphatic carbocycles. The summed E-state index contributed by atoms with van der Waals surface area (Å²) in [6, 6.07) is 6.04. The molecule has 0 aromatic heterocycles. The summed E-state index contributed by atoms with van der Waals surface area (Å²) in [7, 11) is 0. The van der Waals surface area contributed by atoms with Gasteiger partial charge in [0.2, 0.25) is 0 Å². The van der Waals surface area contributed by atoms with Crippen molar-refractivity contribution in [2.75, 3.05) is 13.1 Å². The maximum absolute atomic E-state index is 10.2. The second-order valence-electron chi connectivity index (χ2n) is 5.49. The highest BCUT2D eigenvalue weighted by molar-refractivity contribution is 5.72. The van der Waals surface area contributed by atoms with Crippen LogP contribution in [-0.4, -0.2) is 18.2 Å². The minimum atomic E-state index is 0.431. The molecule has 0 radical (unpaired) electrons. The fraction of sp³-hybridized carbons (Fsp3) is 0.529. The summed E-state index contributed by atoms with van der Waals surface area (Å²) < 4.78 is 0. The van der Waals surface area contributed by atoms with Crippen LogP contribution in [0.5, 0.6) is 5.75 Å². The largest absolute Gasteiger partial charge is 0.507 e. The van der Waals surface area contributed by atoms with E-state index in [0.29, 0.717) is 11.7 Å². The van der Waals surface area contributed by atoms with E-state index in [4.69, 9.17) is 0 Å². The Kier molecular flexibility index (Phi) is 5.03. The van der Waals surface area contributed by atoms with Crippen molar-refractivity contribution in [3.63, 3.8) is 0 Å². The van der Waals surface area contributed by atoms with Crippen LogP contribution in [0.15, 0.2) is 24.3 Å². The topological polar surface area (TPSA) is 32.3 Å². The van der Waals surface area contributed by atoms with Crippen molar-refractivity contribution in [2.45, 2.75) is 39.5 Å². The van der Waals surface area contributed by atoms with Gasteiger partial charge >= 0.3 is 0 Å². The Balaban J connectivity index is 2.30.